The molecule has 2 aromatic rings. The molecule has 0 aliphatic heterocycles. The first-order valence-corrected chi connectivity index (χ1v) is 5.22. The molecule has 1 aromatic carbocycles. The molecule has 0 N–H and O–H groups in total. The molecule has 0 atom stereocenters. The van der Waals surface area contributed by atoms with Crippen molar-refractivity contribution in [1.29, 1.82) is 0 Å². The summed E-state index contributed by atoms with van der Waals surface area (Å²) in [5, 5.41) is 3.85. The van der Waals surface area contributed by atoms with E-state index < -0.39 is 12.4 Å². The number of nitrogens with zero attached hydrogens (tertiary/aromatic N) is 3. The van der Waals surface area contributed by atoms with Crippen LogP contribution in [0.15, 0.2) is 30.6 Å². The minimum atomic E-state index is -4.96. The molecule has 0 amide bonds. The predicted molar refractivity (Wildman–Crippen MR) is 60.5 cm³/mol. The topological polar surface area (TPSA) is 39.9 Å². The summed E-state index contributed by atoms with van der Waals surface area (Å²) in [6.07, 6.45) is 1.38. The van der Waals surface area contributed by atoms with Crippen LogP contribution in [0.4, 0.5) is 12.9 Å². The van der Waals surface area contributed by atoms with Gasteiger partial charge < -0.3 is 17.7 Å². The number of ether oxygens (including phenoxy) is 1. The van der Waals surface area contributed by atoms with E-state index in [1.807, 2.05) is 0 Å². The molecule has 4 nitrogen and oxygen atoms in total. The van der Waals surface area contributed by atoms with Crippen LogP contribution in [0.1, 0.15) is 5.82 Å². The Labute approximate surface area is 150 Å². The van der Waals surface area contributed by atoms with Crippen LogP contribution in [0.3, 0.4) is 0 Å². The van der Waals surface area contributed by atoms with Gasteiger partial charge in [-0.3, -0.25) is 4.68 Å². The van der Waals surface area contributed by atoms with Crippen molar-refractivity contribution in [3.63, 3.8) is 0 Å². The number of aryl methyl sites for hydroxylation is 1. The molecule has 1 heterocycles. The van der Waals surface area contributed by atoms with E-state index in [9.17, 15) is 12.9 Å². The smallest absolute Gasteiger partial charge is 0.486 e. The second-order valence-electron chi connectivity index (χ2n) is 3.73. The van der Waals surface area contributed by atoms with E-state index in [-0.39, 0.29) is 58.0 Å². The summed E-state index contributed by atoms with van der Waals surface area (Å²) in [7, 11) is 1.71. The second kappa shape index (κ2) is 6.89. The maximum absolute atomic E-state index is 12.4. The Balaban J connectivity index is 0.00000180. The van der Waals surface area contributed by atoms with Crippen molar-refractivity contribution in [2.75, 3.05) is 0 Å². The van der Waals surface area contributed by atoms with Gasteiger partial charge in [-0.2, -0.15) is 5.10 Å². The summed E-state index contributed by atoms with van der Waals surface area (Å²) in [5.74, 6) is 0.959. The van der Waals surface area contributed by atoms with Gasteiger partial charge in [0.25, 0.3) is 0 Å². The molecule has 0 saturated heterocycles. The molecule has 0 spiro atoms. The fraction of sp³-hybridized carbons (Fsp3) is 0.200. The third-order valence-corrected chi connectivity index (χ3v) is 2.43. The zero-order valence-corrected chi connectivity index (χ0v) is 13.7. The van der Waals surface area contributed by atoms with Crippen molar-refractivity contribution in [2.45, 2.75) is 6.61 Å². The van der Waals surface area contributed by atoms with Crippen LogP contribution < -0.4 is 61.6 Å². The minimum absolute atomic E-state index is 0. The average molecular weight is 295 g/mol. The van der Waals surface area contributed by atoms with E-state index in [2.05, 4.69) is 10.1 Å². The molecule has 96 valence electrons. The van der Waals surface area contributed by atoms with E-state index in [1.54, 1.807) is 7.05 Å². The molecule has 0 aliphatic carbocycles. The molecular weight excluding hydrogens is 285 g/mol. The molecule has 2 rings (SSSR count). The van der Waals surface area contributed by atoms with Crippen LogP contribution in [0, 0.1) is 0 Å². The van der Waals surface area contributed by atoms with Crippen molar-refractivity contribution in [3.8, 4) is 5.75 Å². The van der Waals surface area contributed by atoms with Gasteiger partial charge in [-0.05, 0) is 12.1 Å². The van der Waals surface area contributed by atoms with Crippen molar-refractivity contribution < 1.29 is 69.1 Å². The molecule has 1 aromatic heterocycles. The predicted octanol–water partition coefficient (Wildman–Crippen LogP) is -1.55. The van der Waals surface area contributed by atoms with Gasteiger partial charge in [0.15, 0.2) is 5.82 Å². The van der Waals surface area contributed by atoms with Crippen LogP contribution in [0.2, 0.25) is 0 Å². The van der Waals surface area contributed by atoms with Gasteiger partial charge in [0, 0.05) is 7.05 Å². The first-order valence-electron chi connectivity index (χ1n) is 5.22. The number of hydrogen-bond donors (Lipinski definition) is 0. The average Bonchev–Trinajstić information content (AvgIpc) is 2.72. The van der Waals surface area contributed by atoms with Gasteiger partial charge in [-0.25, -0.2) is 4.98 Å². The van der Waals surface area contributed by atoms with Crippen molar-refractivity contribution in [1.82, 2.24) is 14.8 Å². The first-order chi connectivity index (χ1) is 8.47. The Morgan fingerprint density at radius 3 is 2.32 bits per heavy atom. The molecule has 0 fully saturated rings. The SMILES string of the molecule is Cn1ncnc1COc1ccc([B-](F)(F)F)cc1.[K+]. The van der Waals surface area contributed by atoms with E-state index in [4.69, 9.17) is 4.74 Å². The Bertz CT molecular complexity index is 530. The van der Waals surface area contributed by atoms with Gasteiger partial charge in [0.05, 0.1) is 0 Å². The summed E-state index contributed by atoms with van der Waals surface area (Å²) in [6.45, 7) is -4.80. The van der Waals surface area contributed by atoms with E-state index in [0.29, 0.717) is 11.6 Å². The largest absolute Gasteiger partial charge is 1.00 e. The molecule has 0 radical (unpaired) electrons. The molecular formula is C10H10BF3KN3O. The maximum Gasteiger partial charge on any atom is 1.00 e. The molecule has 0 unspecified atom stereocenters. The van der Waals surface area contributed by atoms with Gasteiger partial charge in [-0.1, -0.05) is 12.1 Å². The first kappa shape index (κ1) is 16.7. The molecule has 0 saturated carbocycles. The van der Waals surface area contributed by atoms with Gasteiger partial charge in [0.2, 0.25) is 0 Å². The van der Waals surface area contributed by atoms with Crippen LogP contribution in [0.5, 0.6) is 5.75 Å². The number of aromatic nitrogens is 3. The number of benzene rings is 1. The Kier molecular flexibility index (Phi) is 6.06. The summed E-state index contributed by atoms with van der Waals surface area (Å²) in [6, 6.07) is 4.60. The van der Waals surface area contributed by atoms with Crippen LogP contribution in [-0.4, -0.2) is 21.7 Å². The third kappa shape index (κ3) is 4.60. The van der Waals surface area contributed by atoms with Gasteiger partial charge in [0.1, 0.15) is 18.7 Å². The standard InChI is InChI=1S/C10H10BF3N3O.K/c1-17-10(15-7-16-17)6-18-9-4-2-8(3-5-9)11(12,13)14;/h2-5,7H,6H2,1H3;/q-1;+1. The van der Waals surface area contributed by atoms with Crippen LogP contribution >= 0.6 is 0 Å². The summed E-state index contributed by atoms with van der Waals surface area (Å²) < 4.78 is 44.0. The molecule has 0 aliphatic rings. The summed E-state index contributed by atoms with van der Waals surface area (Å²) in [5.41, 5.74) is -0.638. The fourth-order valence-electron chi connectivity index (χ4n) is 1.38. The summed E-state index contributed by atoms with van der Waals surface area (Å²) in [4.78, 5) is 3.94. The van der Waals surface area contributed by atoms with Crippen LogP contribution in [0.25, 0.3) is 0 Å². The monoisotopic (exact) mass is 295 g/mol. The fourth-order valence-corrected chi connectivity index (χ4v) is 1.38. The Morgan fingerprint density at radius 1 is 1.21 bits per heavy atom. The molecule has 19 heavy (non-hydrogen) atoms. The second-order valence-corrected chi connectivity index (χ2v) is 3.73. The maximum atomic E-state index is 12.4. The summed E-state index contributed by atoms with van der Waals surface area (Å²) >= 11 is 0. The van der Waals surface area contributed by atoms with E-state index in [1.165, 1.54) is 23.1 Å². The molecule has 0 bridgehead atoms. The minimum Gasteiger partial charge on any atom is -0.486 e. The number of rotatable bonds is 4. The van der Waals surface area contributed by atoms with E-state index in [0.717, 1.165) is 12.1 Å². The quantitative estimate of drug-likeness (QED) is 0.641. The normalized spacial score (nSPS) is 10.9. The van der Waals surface area contributed by atoms with E-state index >= 15 is 0 Å². The van der Waals surface area contributed by atoms with Crippen molar-refractivity contribution in [2.24, 2.45) is 7.05 Å². The zero-order chi connectivity index (χ0) is 13.2. The number of halogens is 3. The van der Waals surface area contributed by atoms with Gasteiger partial charge >= 0.3 is 58.4 Å². The number of hydrogen-bond acceptors (Lipinski definition) is 3. The Morgan fingerprint density at radius 2 is 1.84 bits per heavy atom. The van der Waals surface area contributed by atoms with Crippen LogP contribution in [-0.2, 0) is 13.7 Å². The van der Waals surface area contributed by atoms with Gasteiger partial charge in [-0.15, -0.1) is 5.46 Å². The van der Waals surface area contributed by atoms with Crippen molar-refractivity contribution >= 4 is 12.4 Å². The Hall–Kier alpha value is -0.349. The van der Waals surface area contributed by atoms with Crippen molar-refractivity contribution in [3.05, 3.63) is 36.4 Å². The zero-order valence-electron chi connectivity index (χ0n) is 10.6. The molecule has 9 heteroatoms. The third-order valence-electron chi connectivity index (χ3n) is 2.43.